The second-order valence-corrected chi connectivity index (χ2v) is 4.80. The molecule has 0 radical (unpaired) electrons. The van der Waals surface area contributed by atoms with Crippen molar-refractivity contribution in [2.24, 2.45) is 0 Å². The summed E-state index contributed by atoms with van der Waals surface area (Å²) in [6.07, 6.45) is 0.226. The number of hydrogen-bond acceptors (Lipinski definition) is 2. The van der Waals surface area contributed by atoms with Gasteiger partial charge in [0.15, 0.2) is 5.78 Å². The average Bonchev–Trinajstić information content (AvgIpc) is 2.34. The van der Waals surface area contributed by atoms with Gasteiger partial charge in [-0.3, -0.25) is 4.79 Å². The molecule has 4 heteroatoms. The van der Waals surface area contributed by atoms with E-state index in [0.29, 0.717) is 21.3 Å². The Morgan fingerprint density at radius 1 is 1.06 bits per heavy atom. The van der Waals surface area contributed by atoms with E-state index in [-0.39, 0.29) is 12.2 Å². The molecule has 2 aromatic carbocycles. The van der Waals surface area contributed by atoms with Gasteiger partial charge in [0.05, 0.1) is 0 Å². The molecule has 0 fully saturated rings. The Bertz CT molecular complexity index is 579. The molecule has 0 heterocycles. The molecular formula is C14H11Cl2NO. The number of carbonyl (C=O) groups excluding carboxylic acids is 1. The van der Waals surface area contributed by atoms with Crippen molar-refractivity contribution < 1.29 is 4.79 Å². The van der Waals surface area contributed by atoms with Crippen LogP contribution in [0.3, 0.4) is 0 Å². The van der Waals surface area contributed by atoms with Crippen LogP contribution in [0.15, 0.2) is 42.5 Å². The minimum atomic E-state index is -0.0147. The van der Waals surface area contributed by atoms with Gasteiger partial charge in [0.1, 0.15) is 0 Å². The molecule has 0 saturated carbocycles. The van der Waals surface area contributed by atoms with Crippen molar-refractivity contribution in [3.8, 4) is 0 Å². The van der Waals surface area contributed by atoms with E-state index in [1.165, 1.54) is 0 Å². The smallest absolute Gasteiger partial charge is 0.167 e. The van der Waals surface area contributed by atoms with Crippen LogP contribution in [0.5, 0.6) is 0 Å². The molecular weight excluding hydrogens is 269 g/mol. The molecule has 0 aromatic heterocycles. The van der Waals surface area contributed by atoms with Crippen LogP contribution in [0.1, 0.15) is 15.9 Å². The third kappa shape index (κ3) is 3.03. The van der Waals surface area contributed by atoms with Gasteiger partial charge in [0.25, 0.3) is 0 Å². The molecule has 0 bridgehead atoms. The lowest BCUT2D eigenvalue weighted by Crippen LogP contribution is -2.04. The minimum Gasteiger partial charge on any atom is -0.399 e. The first-order valence-electron chi connectivity index (χ1n) is 5.39. The summed E-state index contributed by atoms with van der Waals surface area (Å²) in [5.74, 6) is -0.0147. The Morgan fingerprint density at radius 2 is 1.72 bits per heavy atom. The Labute approximate surface area is 115 Å². The number of nitrogens with two attached hydrogens (primary N) is 1. The molecule has 2 N–H and O–H groups in total. The molecule has 18 heavy (non-hydrogen) atoms. The van der Waals surface area contributed by atoms with Gasteiger partial charge >= 0.3 is 0 Å². The van der Waals surface area contributed by atoms with E-state index in [1.807, 2.05) is 0 Å². The number of nitrogen functional groups attached to an aromatic ring is 1. The predicted octanol–water partition coefficient (Wildman–Crippen LogP) is 4.00. The van der Waals surface area contributed by atoms with E-state index in [4.69, 9.17) is 28.9 Å². The lowest BCUT2D eigenvalue weighted by atomic mass is 10.0. The zero-order valence-electron chi connectivity index (χ0n) is 9.49. The summed E-state index contributed by atoms with van der Waals surface area (Å²) in [6.45, 7) is 0. The summed E-state index contributed by atoms with van der Waals surface area (Å²) in [6, 6.07) is 11.9. The summed E-state index contributed by atoms with van der Waals surface area (Å²) in [5, 5.41) is 1.11. The van der Waals surface area contributed by atoms with Gasteiger partial charge in [-0.2, -0.15) is 0 Å². The molecule has 2 aromatic rings. The van der Waals surface area contributed by atoms with Gasteiger partial charge < -0.3 is 5.73 Å². The van der Waals surface area contributed by atoms with Gasteiger partial charge in [-0.25, -0.2) is 0 Å². The second kappa shape index (κ2) is 5.42. The lowest BCUT2D eigenvalue weighted by molar-refractivity contribution is 0.0993. The molecule has 0 amide bonds. The normalized spacial score (nSPS) is 10.3. The fourth-order valence-corrected chi connectivity index (χ4v) is 2.00. The zero-order chi connectivity index (χ0) is 13.1. The summed E-state index contributed by atoms with van der Waals surface area (Å²) < 4.78 is 0. The molecule has 0 aliphatic rings. The van der Waals surface area contributed by atoms with Gasteiger partial charge in [-0.05, 0) is 48.0 Å². The molecule has 0 unspecified atom stereocenters. The highest BCUT2D eigenvalue weighted by Gasteiger charge is 2.10. The maximum absolute atomic E-state index is 12.0. The number of rotatable bonds is 3. The van der Waals surface area contributed by atoms with Crippen molar-refractivity contribution in [1.82, 2.24) is 0 Å². The molecule has 2 nitrogen and oxygen atoms in total. The summed E-state index contributed by atoms with van der Waals surface area (Å²) in [7, 11) is 0. The monoisotopic (exact) mass is 279 g/mol. The first-order chi connectivity index (χ1) is 8.56. The third-order valence-corrected chi connectivity index (χ3v) is 3.20. The maximum Gasteiger partial charge on any atom is 0.167 e. The molecule has 0 spiro atoms. The average molecular weight is 280 g/mol. The lowest BCUT2D eigenvalue weighted by Gasteiger charge is -2.05. The molecule has 0 saturated heterocycles. The largest absolute Gasteiger partial charge is 0.399 e. The first kappa shape index (κ1) is 12.9. The fourth-order valence-electron chi connectivity index (χ4n) is 1.62. The summed E-state index contributed by atoms with van der Waals surface area (Å²) in [4.78, 5) is 12.0. The van der Waals surface area contributed by atoms with Crippen molar-refractivity contribution in [1.29, 1.82) is 0 Å². The van der Waals surface area contributed by atoms with Crippen molar-refractivity contribution >= 4 is 34.7 Å². The topological polar surface area (TPSA) is 43.1 Å². The number of hydrogen-bond donors (Lipinski definition) is 1. The fraction of sp³-hybridized carbons (Fsp3) is 0.0714. The quantitative estimate of drug-likeness (QED) is 0.682. The van der Waals surface area contributed by atoms with Gasteiger partial charge in [-0.1, -0.05) is 23.2 Å². The Kier molecular flexibility index (Phi) is 3.90. The summed E-state index contributed by atoms with van der Waals surface area (Å²) in [5.41, 5.74) is 7.54. The van der Waals surface area contributed by atoms with Crippen LogP contribution >= 0.6 is 23.2 Å². The SMILES string of the molecule is Nc1ccc(C(=O)Cc2cc(Cl)ccc2Cl)cc1. The van der Waals surface area contributed by atoms with E-state index in [9.17, 15) is 4.79 Å². The van der Waals surface area contributed by atoms with Crippen molar-refractivity contribution in [3.05, 3.63) is 63.6 Å². The van der Waals surface area contributed by atoms with E-state index in [1.54, 1.807) is 42.5 Å². The van der Waals surface area contributed by atoms with Crippen LogP contribution in [-0.2, 0) is 6.42 Å². The molecule has 0 aliphatic heterocycles. The summed E-state index contributed by atoms with van der Waals surface area (Å²) >= 11 is 11.9. The van der Waals surface area contributed by atoms with Crippen molar-refractivity contribution in [2.75, 3.05) is 5.73 Å². The van der Waals surface area contributed by atoms with E-state index in [0.717, 1.165) is 5.56 Å². The van der Waals surface area contributed by atoms with Crippen LogP contribution in [0, 0.1) is 0 Å². The van der Waals surface area contributed by atoms with Gasteiger partial charge in [0, 0.05) is 27.7 Å². The van der Waals surface area contributed by atoms with Gasteiger partial charge in [-0.15, -0.1) is 0 Å². The van der Waals surface area contributed by atoms with Crippen molar-refractivity contribution in [3.63, 3.8) is 0 Å². The van der Waals surface area contributed by atoms with Crippen LogP contribution < -0.4 is 5.73 Å². The molecule has 0 atom stereocenters. The number of carbonyl (C=O) groups is 1. The second-order valence-electron chi connectivity index (χ2n) is 3.96. The highest BCUT2D eigenvalue weighted by molar-refractivity contribution is 6.33. The van der Waals surface area contributed by atoms with Crippen LogP contribution in [0.4, 0.5) is 5.69 Å². The zero-order valence-corrected chi connectivity index (χ0v) is 11.0. The number of halogens is 2. The number of benzene rings is 2. The number of ketones is 1. The molecule has 0 aliphatic carbocycles. The Hall–Kier alpha value is -1.51. The highest BCUT2D eigenvalue weighted by Crippen LogP contribution is 2.22. The van der Waals surface area contributed by atoms with Crippen LogP contribution in [-0.4, -0.2) is 5.78 Å². The number of anilines is 1. The van der Waals surface area contributed by atoms with Crippen molar-refractivity contribution in [2.45, 2.75) is 6.42 Å². The van der Waals surface area contributed by atoms with Crippen LogP contribution in [0.2, 0.25) is 10.0 Å². The Balaban J connectivity index is 2.21. The van der Waals surface area contributed by atoms with Crippen LogP contribution in [0.25, 0.3) is 0 Å². The third-order valence-electron chi connectivity index (χ3n) is 2.59. The number of Topliss-reactive ketones (excluding diaryl/α,β-unsaturated/α-hetero) is 1. The maximum atomic E-state index is 12.0. The standard InChI is InChI=1S/C14H11Cl2NO/c15-11-3-6-13(16)10(7-11)8-14(18)9-1-4-12(17)5-2-9/h1-7H,8,17H2. The minimum absolute atomic E-state index is 0.0147. The van der Waals surface area contributed by atoms with E-state index < -0.39 is 0 Å². The molecule has 2 rings (SSSR count). The highest BCUT2D eigenvalue weighted by atomic mass is 35.5. The first-order valence-corrected chi connectivity index (χ1v) is 6.14. The molecule has 92 valence electrons. The predicted molar refractivity (Wildman–Crippen MR) is 75.4 cm³/mol. The van der Waals surface area contributed by atoms with E-state index in [2.05, 4.69) is 0 Å². The van der Waals surface area contributed by atoms with Gasteiger partial charge in [0.2, 0.25) is 0 Å². The Morgan fingerprint density at radius 3 is 2.39 bits per heavy atom. The van der Waals surface area contributed by atoms with E-state index >= 15 is 0 Å².